The Kier molecular flexibility index (Phi) is 4.16. The van der Waals surface area contributed by atoms with Crippen molar-refractivity contribution in [3.8, 4) is 0 Å². The summed E-state index contributed by atoms with van der Waals surface area (Å²) in [5, 5.41) is 5.69. The predicted octanol–water partition coefficient (Wildman–Crippen LogP) is 3.20. The van der Waals surface area contributed by atoms with E-state index in [1.807, 2.05) is 53.1 Å². The van der Waals surface area contributed by atoms with Gasteiger partial charge in [-0.2, -0.15) is 0 Å². The van der Waals surface area contributed by atoms with Gasteiger partial charge in [-0.1, -0.05) is 31.2 Å². The maximum Gasteiger partial charge on any atom is 0.232 e. The number of nitrogens with zero attached hydrogens (tertiary/aromatic N) is 2. The fraction of sp³-hybridized carbons (Fsp3) is 0.250. The van der Waals surface area contributed by atoms with E-state index in [-0.39, 0.29) is 18.2 Å². The van der Waals surface area contributed by atoms with Crippen LogP contribution in [0.25, 0.3) is 11.0 Å². The number of fused-ring (bicyclic) bond motifs is 3. The molecule has 2 amide bonds. The first kappa shape index (κ1) is 16.3. The van der Waals surface area contributed by atoms with Crippen LogP contribution in [-0.4, -0.2) is 21.4 Å². The number of aromatic nitrogens is 2. The molecule has 1 aliphatic heterocycles. The molecule has 1 aliphatic rings. The van der Waals surface area contributed by atoms with Crippen LogP contribution in [0.5, 0.6) is 0 Å². The van der Waals surface area contributed by atoms with Crippen molar-refractivity contribution in [2.75, 3.05) is 10.6 Å². The van der Waals surface area contributed by atoms with Gasteiger partial charge < -0.3 is 9.88 Å². The highest BCUT2D eigenvalue weighted by molar-refractivity contribution is 5.99. The average Bonchev–Trinajstić information content (AvgIpc) is 3.00. The molecule has 0 fully saturated rings. The van der Waals surface area contributed by atoms with Gasteiger partial charge in [-0.25, -0.2) is 4.98 Å². The SMILES string of the molecule is CCc1ccc(NC(=O)C[C@@H]2Cn3c(nc4ccccc43)NC2=O)cc1. The van der Waals surface area contributed by atoms with Crippen LogP contribution in [0.15, 0.2) is 48.5 Å². The van der Waals surface area contributed by atoms with Gasteiger partial charge in [0.2, 0.25) is 17.8 Å². The third-order valence-corrected chi connectivity index (χ3v) is 4.74. The summed E-state index contributed by atoms with van der Waals surface area (Å²) < 4.78 is 1.96. The Bertz CT molecular complexity index is 975. The fourth-order valence-electron chi connectivity index (χ4n) is 3.29. The van der Waals surface area contributed by atoms with E-state index in [0.29, 0.717) is 12.5 Å². The van der Waals surface area contributed by atoms with Crippen LogP contribution in [0.2, 0.25) is 0 Å². The molecule has 0 saturated heterocycles. The van der Waals surface area contributed by atoms with Crippen LogP contribution in [0.4, 0.5) is 11.6 Å². The molecule has 2 heterocycles. The molecular formula is C20H20N4O2. The average molecular weight is 348 g/mol. The number of imidazole rings is 1. The van der Waals surface area contributed by atoms with Gasteiger partial charge in [0, 0.05) is 18.7 Å². The first-order chi connectivity index (χ1) is 12.6. The zero-order valence-electron chi connectivity index (χ0n) is 14.5. The number of carbonyl (C=O) groups is 2. The molecule has 0 unspecified atom stereocenters. The molecule has 6 nitrogen and oxygen atoms in total. The second-order valence-corrected chi connectivity index (χ2v) is 6.52. The maximum absolute atomic E-state index is 12.4. The number of carbonyl (C=O) groups excluding carboxylic acids is 2. The molecule has 1 atom stereocenters. The number of aryl methyl sites for hydroxylation is 1. The molecule has 0 aliphatic carbocycles. The van der Waals surface area contributed by atoms with Gasteiger partial charge >= 0.3 is 0 Å². The van der Waals surface area contributed by atoms with Gasteiger partial charge in [0.1, 0.15) is 0 Å². The quantitative estimate of drug-likeness (QED) is 0.760. The number of amides is 2. The van der Waals surface area contributed by atoms with Crippen molar-refractivity contribution in [2.24, 2.45) is 5.92 Å². The highest BCUT2D eigenvalue weighted by Gasteiger charge is 2.30. The highest BCUT2D eigenvalue weighted by atomic mass is 16.2. The van der Waals surface area contributed by atoms with Crippen molar-refractivity contribution in [1.82, 2.24) is 9.55 Å². The highest BCUT2D eigenvalue weighted by Crippen LogP contribution is 2.26. The second-order valence-electron chi connectivity index (χ2n) is 6.52. The van der Waals surface area contributed by atoms with E-state index in [0.717, 1.165) is 23.1 Å². The van der Waals surface area contributed by atoms with Crippen LogP contribution in [0, 0.1) is 5.92 Å². The van der Waals surface area contributed by atoms with Crippen molar-refractivity contribution in [1.29, 1.82) is 0 Å². The van der Waals surface area contributed by atoms with Crippen LogP contribution >= 0.6 is 0 Å². The standard InChI is InChI=1S/C20H20N4O2/c1-2-13-7-9-15(10-8-13)21-18(25)11-14-12-24-17-6-4-3-5-16(17)22-20(24)23-19(14)26/h3-10,14H,2,11-12H2,1H3,(H,21,25)(H,22,23,26)/t14-/m1/s1. The molecule has 1 aromatic heterocycles. The third-order valence-electron chi connectivity index (χ3n) is 4.74. The summed E-state index contributed by atoms with van der Waals surface area (Å²) >= 11 is 0. The monoisotopic (exact) mass is 348 g/mol. The van der Waals surface area contributed by atoms with E-state index in [4.69, 9.17) is 0 Å². The van der Waals surface area contributed by atoms with Gasteiger partial charge in [-0.15, -0.1) is 0 Å². The predicted molar refractivity (Wildman–Crippen MR) is 101 cm³/mol. The molecule has 3 aromatic rings. The molecule has 2 N–H and O–H groups in total. The molecule has 4 rings (SSSR count). The zero-order chi connectivity index (χ0) is 18.1. The van der Waals surface area contributed by atoms with Crippen LogP contribution < -0.4 is 10.6 Å². The smallest absolute Gasteiger partial charge is 0.232 e. The van der Waals surface area contributed by atoms with Crippen LogP contribution in [0.1, 0.15) is 18.9 Å². The molecular weight excluding hydrogens is 328 g/mol. The number of hydrogen-bond donors (Lipinski definition) is 2. The van der Waals surface area contributed by atoms with Gasteiger partial charge in [-0.3, -0.25) is 14.9 Å². The van der Waals surface area contributed by atoms with Gasteiger partial charge in [0.15, 0.2) is 0 Å². The Labute approximate surface area is 151 Å². The van der Waals surface area contributed by atoms with E-state index in [1.165, 1.54) is 5.56 Å². The molecule has 2 aromatic carbocycles. The van der Waals surface area contributed by atoms with E-state index in [9.17, 15) is 9.59 Å². The Balaban J connectivity index is 1.47. The lowest BCUT2D eigenvalue weighted by Gasteiger charge is -2.23. The van der Waals surface area contributed by atoms with E-state index >= 15 is 0 Å². The lowest BCUT2D eigenvalue weighted by atomic mass is 10.0. The molecule has 0 spiro atoms. The summed E-state index contributed by atoms with van der Waals surface area (Å²) in [6.07, 6.45) is 1.09. The minimum absolute atomic E-state index is 0.132. The van der Waals surface area contributed by atoms with Gasteiger partial charge in [0.25, 0.3) is 0 Å². The van der Waals surface area contributed by atoms with Crippen molar-refractivity contribution < 1.29 is 9.59 Å². The van der Waals surface area contributed by atoms with Crippen molar-refractivity contribution in [3.05, 3.63) is 54.1 Å². The summed E-state index contributed by atoms with van der Waals surface area (Å²) in [6, 6.07) is 15.5. The third kappa shape index (κ3) is 3.06. The molecule has 0 saturated carbocycles. The molecule has 0 radical (unpaired) electrons. The van der Waals surface area contributed by atoms with E-state index in [1.54, 1.807) is 0 Å². The Morgan fingerprint density at radius 3 is 2.77 bits per heavy atom. The fourth-order valence-corrected chi connectivity index (χ4v) is 3.29. The number of benzene rings is 2. The van der Waals surface area contributed by atoms with Crippen LogP contribution in [-0.2, 0) is 22.6 Å². The summed E-state index contributed by atoms with van der Waals surface area (Å²) in [5.41, 5.74) is 3.76. The molecule has 6 heteroatoms. The number of anilines is 2. The molecule has 0 bridgehead atoms. The molecule has 26 heavy (non-hydrogen) atoms. The number of rotatable bonds is 4. The Morgan fingerprint density at radius 2 is 2.00 bits per heavy atom. The van der Waals surface area contributed by atoms with Crippen molar-refractivity contribution in [3.63, 3.8) is 0 Å². The summed E-state index contributed by atoms with van der Waals surface area (Å²) in [6.45, 7) is 2.53. The topological polar surface area (TPSA) is 76.0 Å². The molecule has 132 valence electrons. The lowest BCUT2D eigenvalue weighted by molar-refractivity contribution is -0.125. The number of nitrogens with one attached hydrogen (secondary N) is 2. The normalized spacial score (nSPS) is 16.2. The minimum atomic E-state index is -0.421. The largest absolute Gasteiger partial charge is 0.326 e. The van der Waals surface area contributed by atoms with E-state index in [2.05, 4.69) is 22.5 Å². The summed E-state index contributed by atoms with van der Waals surface area (Å²) in [5.74, 6) is -0.204. The minimum Gasteiger partial charge on any atom is -0.326 e. The first-order valence-electron chi connectivity index (χ1n) is 8.79. The lowest BCUT2D eigenvalue weighted by Crippen LogP contribution is -2.35. The van der Waals surface area contributed by atoms with Gasteiger partial charge in [0.05, 0.1) is 17.0 Å². The van der Waals surface area contributed by atoms with Crippen molar-refractivity contribution >= 4 is 34.5 Å². The number of para-hydroxylation sites is 2. The van der Waals surface area contributed by atoms with Crippen LogP contribution in [0.3, 0.4) is 0 Å². The summed E-state index contributed by atoms with van der Waals surface area (Å²) in [7, 11) is 0. The zero-order valence-corrected chi connectivity index (χ0v) is 14.5. The second kappa shape index (κ2) is 6.63. The Morgan fingerprint density at radius 1 is 1.23 bits per heavy atom. The van der Waals surface area contributed by atoms with Gasteiger partial charge in [-0.05, 0) is 36.2 Å². The maximum atomic E-state index is 12.4. The first-order valence-corrected chi connectivity index (χ1v) is 8.79. The Hall–Kier alpha value is -3.15. The summed E-state index contributed by atoms with van der Waals surface area (Å²) in [4.78, 5) is 29.2. The van der Waals surface area contributed by atoms with Crippen molar-refractivity contribution in [2.45, 2.75) is 26.3 Å². The van der Waals surface area contributed by atoms with E-state index < -0.39 is 5.92 Å². The number of hydrogen-bond acceptors (Lipinski definition) is 3.